The molecule has 0 spiro atoms. The summed E-state index contributed by atoms with van der Waals surface area (Å²) in [7, 11) is 0. The molecule has 5 heteroatoms. The summed E-state index contributed by atoms with van der Waals surface area (Å²) in [4.78, 5) is 16.2. The van der Waals surface area contributed by atoms with Crippen molar-refractivity contribution in [1.29, 1.82) is 0 Å². The van der Waals surface area contributed by atoms with E-state index in [4.69, 9.17) is 4.52 Å². The first kappa shape index (κ1) is 14.7. The van der Waals surface area contributed by atoms with Crippen LogP contribution < -0.4 is 5.32 Å². The van der Waals surface area contributed by atoms with Crippen molar-refractivity contribution < 1.29 is 9.32 Å². The lowest BCUT2D eigenvalue weighted by atomic mass is 10.0. The Morgan fingerprint density at radius 2 is 2.17 bits per heavy atom. The van der Waals surface area contributed by atoms with Gasteiger partial charge in [0.1, 0.15) is 0 Å². The zero-order valence-electron chi connectivity index (χ0n) is 11.7. The van der Waals surface area contributed by atoms with Crippen LogP contribution in [0.5, 0.6) is 0 Å². The van der Waals surface area contributed by atoms with E-state index in [1.54, 1.807) is 6.92 Å². The Bertz CT molecular complexity index is 376. The molecule has 0 bridgehead atoms. The number of hydrogen-bond acceptors (Lipinski definition) is 4. The SMILES string of the molecule is CCCC[C@H](C)C(=O)N[C@H](CC)c1noc(C)n1. The normalized spacial score (nSPS) is 14.2. The fourth-order valence-electron chi connectivity index (χ4n) is 1.76. The molecule has 18 heavy (non-hydrogen) atoms. The summed E-state index contributed by atoms with van der Waals surface area (Å²) in [5.74, 6) is 1.19. The van der Waals surface area contributed by atoms with E-state index in [-0.39, 0.29) is 17.9 Å². The molecule has 1 rings (SSSR count). The second-order valence-electron chi connectivity index (χ2n) is 4.68. The van der Waals surface area contributed by atoms with Gasteiger partial charge in [0.05, 0.1) is 6.04 Å². The minimum Gasteiger partial charge on any atom is -0.346 e. The van der Waals surface area contributed by atoms with Gasteiger partial charge in [-0.25, -0.2) is 0 Å². The third kappa shape index (κ3) is 4.13. The molecule has 2 atom stereocenters. The van der Waals surface area contributed by atoms with Crippen LogP contribution in [0.3, 0.4) is 0 Å². The van der Waals surface area contributed by atoms with Gasteiger partial charge in [0.15, 0.2) is 5.82 Å². The van der Waals surface area contributed by atoms with Crippen LogP contribution in [-0.4, -0.2) is 16.0 Å². The van der Waals surface area contributed by atoms with Gasteiger partial charge in [0.25, 0.3) is 0 Å². The van der Waals surface area contributed by atoms with Crippen LogP contribution in [0.1, 0.15) is 64.2 Å². The molecule has 1 aromatic heterocycles. The van der Waals surface area contributed by atoms with Crippen LogP contribution in [-0.2, 0) is 4.79 Å². The van der Waals surface area contributed by atoms with Crippen molar-refractivity contribution in [2.24, 2.45) is 5.92 Å². The first-order chi connectivity index (χ1) is 8.58. The van der Waals surface area contributed by atoms with Crippen molar-refractivity contribution >= 4 is 5.91 Å². The number of nitrogens with one attached hydrogen (secondary N) is 1. The number of unbranched alkanes of at least 4 members (excludes halogenated alkanes) is 1. The highest BCUT2D eigenvalue weighted by Gasteiger charge is 2.20. The molecule has 1 aromatic rings. The third-order valence-electron chi connectivity index (χ3n) is 3.02. The van der Waals surface area contributed by atoms with Crippen LogP contribution >= 0.6 is 0 Å². The van der Waals surface area contributed by atoms with Gasteiger partial charge >= 0.3 is 0 Å². The summed E-state index contributed by atoms with van der Waals surface area (Å²) in [6.07, 6.45) is 3.86. The highest BCUT2D eigenvalue weighted by Crippen LogP contribution is 2.15. The van der Waals surface area contributed by atoms with Gasteiger partial charge < -0.3 is 9.84 Å². The van der Waals surface area contributed by atoms with Crippen LogP contribution in [0.4, 0.5) is 0 Å². The number of hydrogen-bond donors (Lipinski definition) is 1. The van der Waals surface area contributed by atoms with Gasteiger partial charge in [-0.15, -0.1) is 0 Å². The van der Waals surface area contributed by atoms with E-state index in [0.29, 0.717) is 11.7 Å². The molecule has 0 aliphatic heterocycles. The van der Waals surface area contributed by atoms with Crippen molar-refractivity contribution in [2.45, 2.75) is 59.4 Å². The van der Waals surface area contributed by atoms with Gasteiger partial charge in [0, 0.05) is 12.8 Å². The smallest absolute Gasteiger partial charge is 0.223 e. The van der Waals surface area contributed by atoms with Crippen molar-refractivity contribution in [3.8, 4) is 0 Å². The first-order valence-electron chi connectivity index (χ1n) is 6.69. The van der Waals surface area contributed by atoms with Gasteiger partial charge in [-0.2, -0.15) is 4.98 Å². The second kappa shape index (κ2) is 7.13. The molecule has 5 nitrogen and oxygen atoms in total. The molecule has 0 aliphatic carbocycles. The molecule has 0 radical (unpaired) electrons. The number of nitrogens with zero attached hydrogens (tertiary/aromatic N) is 2. The van der Waals surface area contributed by atoms with E-state index >= 15 is 0 Å². The van der Waals surface area contributed by atoms with Crippen LogP contribution in [0, 0.1) is 12.8 Å². The topological polar surface area (TPSA) is 68.0 Å². The highest BCUT2D eigenvalue weighted by atomic mass is 16.5. The summed E-state index contributed by atoms with van der Waals surface area (Å²) in [6.45, 7) is 7.82. The number of aryl methyl sites for hydroxylation is 1. The lowest BCUT2D eigenvalue weighted by Crippen LogP contribution is -2.33. The number of amides is 1. The number of carbonyl (C=O) groups excluding carboxylic acids is 1. The molecular formula is C13H23N3O2. The van der Waals surface area contributed by atoms with E-state index in [1.165, 1.54) is 0 Å². The third-order valence-corrected chi connectivity index (χ3v) is 3.02. The average molecular weight is 253 g/mol. The Morgan fingerprint density at radius 1 is 1.44 bits per heavy atom. The number of aromatic nitrogens is 2. The maximum Gasteiger partial charge on any atom is 0.223 e. The van der Waals surface area contributed by atoms with E-state index in [0.717, 1.165) is 25.7 Å². The summed E-state index contributed by atoms with van der Waals surface area (Å²) >= 11 is 0. The molecule has 0 aliphatic rings. The molecular weight excluding hydrogens is 230 g/mol. The molecule has 0 saturated heterocycles. The molecule has 0 saturated carbocycles. The van der Waals surface area contributed by atoms with Crippen LogP contribution in [0.2, 0.25) is 0 Å². The van der Waals surface area contributed by atoms with Crippen molar-refractivity contribution in [3.63, 3.8) is 0 Å². The fourth-order valence-corrected chi connectivity index (χ4v) is 1.76. The molecule has 0 fully saturated rings. The summed E-state index contributed by atoms with van der Waals surface area (Å²) in [5.41, 5.74) is 0. The molecule has 0 aromatic carbocycles. The standard InChI is InChI=1S/C13H23N3O2/c1-5-7-8-9(3)13(17)15-11(6-2)12-14-10(4)18-16-12/h9,11H,5-8H2,1-4H3,(H,15,17)/t9-,11+/m0/s1. The lowest BCUT2D eigenvalue weighted by molar-refractivity contribution is -0.125. The Balaban J connectivity index is 2.55. The minimum atomic E-state index is -0.154. The fraction of sp³-hybridized carbons (Fsp3) is 0.769. The van der Waals surface area contributed by atoms with E-state index in [2.05, 4.69) is 22.4 Å². The van der Waals surface area contributed by atoms with Crippen molar-refractivity contribution in [2.75, 3.05) is 0 Å². The lowest BCUT2D eigenvalue weighted by Gasteiger charge is -2.17. The zero-order chi connectivity index (χ0) is 13.5. The monoisotopic (exact) mass is 253 g/mol. The van der Waals surface area contributed by atoms with Crippen LogP contribution in [0.25, 0.3) is 0 Å². The van der Waals surface area contributed by atoms with Crippen molar-refractivity contribution in [1.82, 2.24) is 15.5 Å². The number of carbonyl (C=O) groups is 1. The summed E-state index contributed by atoms with van der Waals surface area (Å²) < 4.78 is 4.94. The number of rotatable bonds is 7. The second-order valence-corrected chi connectivity index (χ2v) is 4.68. The molecule has 1 amide bonds. The van der Waals surface area contributed by atoms with Crippen molar-refractivity contribution in [3.05, 3.63) is 11.7 Å². The molecule has 102 valence electrons. The van der Waals surface area contributed by atoms with Gasteiger partial charge in [-0.05, 0) is 12.8 Å². The Kier molecular flexibility index (Phi) is 5.82. The Morgan fingerprint density at radius 3 is 2.67 bits per heavy atom. The molecule has 0 unspecified atom stereocenters. The van der Waals surface area contributed by atoms with Gasteiger partial charge in [-0.3, -0.25) is 4.79 Å². The molecule has 1 N–H and O–H groups in total. The minimum absolute atomic E-state index is 0.0343. The summed E-state index contributed by atoms with van der Waals surface area (Å²) in [5, 5.41) is 6.84. The summed E-state index contributed by atoms with van der Waals surface area (Å²) in [6, 6.07) is -0.154. The zero-order valence-corrected chi connectivity index (χ0v) is 11.7. The van der Waals surface area contributed by atoms with Crippen LogP contribution in [0.15, 0.2) is 4.52 Å². The average Bonchev–Trinajstić information content (AvgIpc) is 2.79. The quantitative estimate of drug-likeness (QED) is 0.811. The van der Waals surface area contributed by atoms with Gasteiger partial charge in [-0.1, -0.05) is 38.8 Å². The largest absolute Gasteiger partial charge is 0.346 e. The maximum absolute atomic E-state index is 12.0. The molecule has 1 heterocycles. The van der Waals surface area contributed by atoms with E-state index in [1.807, 2.05) is 13.8 Å². The maximum atomic E-state index is 12.0. The van der Waals surface area contributed by atoms with E-state index < -0.39 is 0 Å². The first-order valence-corrected chi connectivity index (χ1v) is 6.69. The van der Waals surface area contributed by atoms with Gasteiger partial charge in [0.2, 0.25) is 11.8 Å². The predicted molar refractivity (Wildman–Crippen MR) is 68.9 cm³/mol. The highest BCUT2D eigenvalue weighted by molar-refractivity contribution is 5.78. The predicted octanol–water partition coefficient (Wildman–Crippen LogP) is 2.77. The Hall–Kier alpha value is -1.39. The Labute approximate surface area is 108 Å². The van der Waals surface area contributed by atoms with E-state index in [9.17, 15) is 4.79 Å².